The van der Waals surface area contributed by atoms with Gasteiger partial charge in [0.2, 0.25) is 0 Å². The summed E-state index contributed by atoms with van der Waals surface area (Å²) in [5.74, 6) is -81.1. The molecule has 0 bridgehead atoms. The fourth-order valence-electron chi connectivity index (χ4n) is 1.87. The molecule has 0 unspecified atom stereocenters. The van der Waals surface area contributed by atoms with Crippen molar-refractivity contribution in [1.82, 2.24) is 0 Å². The second-order valence-corrected chi connectivity index (χ2v) is 8.50. The predicted octanol–water partition coefficient (Wildman–Crippen LogP) is 6.58. The van der Waals surface area contributed by atoms with Crippen LogP contribution in [0.4, 0.5) is 96.6 Å². The number of nitrogens with two attached hydrogens (primary N) is 1. The Labute approximate surface area is 210 Å². The van der Waals surface area contributed by atoms with Crippen molar-refractivity contribution in [1.29, 1.82) is 0 Å². The lowest BCUT2D eigenvalue weighted by Gasteiger charge is -2.44. The molecule has 27 heteroatoms. The third-order valence-corrected chi connectivity index (χ3v) is 5.21. The Morgan fingerprint density at radius 3 is 0.927 bits per heavy atom. The lowest BCUT2D eigenvalue weighted by molar-refractivity contribution is -0.469. The minimum Gasteiger partial charge on any atom is -0.327 e. The molecule has 0 saturated carbocycles. The van der Waals surface area contributed by atoms with Crippen LogP contribution in [0.25, 0.3) is 0 Å². The van der Waals surface area contributed by atoms with Gasteiger partial charge in [-0.3, -0.25) is 4.55 Å². The second kappa shape index (κ2) is 11.0. The molecule has 41 heavy (non-hydrogen) atoms. The van der Waals surface area contributed by atoms with E-state index in [-0.39, 0.29) is 0 Å². The Bertz CT molecular complexity index is 1040. The molecular formula is C14H9F22NO3S. The third kappa shape index (κ3) is 5.48. The predicted molar refractivity (Wildman–Crippen MR) is 86.3 cm³/mol. The molecule has 0 aromatic rings. The van der Waals surface area contributed by atoms with Gasteiger partial charge in [0.25, 0.3) is 0 Å². The second-order valence-electron chi connectivity index (χ2n) is 7.04. The van der Waals surface area contributed by atoms with Crippen LogP contribution in [0.15, 0.2) is 12.7 Å². The topological polar surface area (TPSA) is 80.4 Å². The molecule has 0 saturated heterocycles. The normalized spacial score (nSPS) is 15.9. The summed E-state index contributed by atoms with van der Waals surface area (Å²) in [6.07, 6.45) is -4.59. The molecule has 0 amide bonds. The summed E-state index contributed by atoms with van der Waals surface area (Å²) in [6.45, 7) is 3.94. The van der Waals surface area contributed by atoms with Crippen molar-refractivity contribution < 1.29 is 110 Å². The van der Waals surface area contributed by atoms with E-state index in [1.165, 1.54) is 0 Å². The molecule has 248 valence electrons. The summed E-state index contributed by atoms with van der Waals surface area (Å²) < 4.78 is 314. The highest BCUT2D eigenvalue weighted by atomic mass is 32.2. The van der Waals surface area contributed by atoms with Gasteiger partial charge in [-0.1, -0.05) is 6.08 Å². The van der Waals surface area contributed by atoms with Crippen molar-refractivity contribution >= 4 is 10.1 Å². The van der Waals surface area contributed by atoms with Gasteiger partial charge in [-0.05, 0) is 0 Å². The Balaban J connectivity index is 0. The largest absolute Gasteiger partial charge is 0.438 e. The maximum atomic E-state index is 13.4. The van der Waals surface area contributed by atoms with E-state index >= 15 is 0 Å². The zero-order valence-corrected chi connectivity index (χ0v) is 18.9. The molecule has 0 aromatic heterocycles. The van der Waals surface area contributed by atoms with Crippen molar-refractivity contribution in [3.05, 3.63) is 12.7 Å². The highest BCUT2D eigenvalue weighted by molar-refractivity contribution is 7.87. The first-order valence-corrected chi connectivity index (χ1v) is 10.1. The minimum absolute atomic E-state index is 0.583. The fraction of sp³-hybridized carbons (Fsp3) is 0.857. The first-order chi connectivity index (χ1) is 17.4. The van der Waals surface area contributed by atoms with Crippen LogP contribution in [0.2, 0.25) is 0 Å². The van der Waals surface area contributed by atoms with E-state index in [0.717, 1.165) is 0 Å². The number of hydrogen-bond acceptors (Lipinski definition) is 3. The summed E-state index contributed by atoms with van der Waals surface area (Å²) in [5.41, 5.74) is 4.91. The van der Waals surface area contributed by atoms with Crippen LogP contribution in [0.1, 0.15) is 0 Å². The van der Waals surface area contributed by atoms with Crippen LogP contribution in [-0.4, -0.2) is 84.5 Å². The lowest BCUT2D eigenvalue weighted by Crippen LogP contribution is -2.77. The van der Waals surface area contributed by atoms with E-state index in [1.807, 2.05) is 0 Å². The molecular weight excluding hydrogens is 680 g/mol. The number of alkyl halides is 22. The third-order valence-electron chi connectivity index (χ3n) is 4.31. The van der Waals surface area contributed by atoms with Gasteiger partial charge in [0.1, 0.15) is 0 Å². The van der Waals surface area contributed by atoms with Gasteiger partial charge in [-0.15, -0.1) is 6.58 Å². The number of hydrogen-bond donors (Lipinski definition) is 2. The molecule has 0 rings (SSSR count). The molecule has 0 heterocycles. The average Bonchev–Trinajstić information content (AvgIpc) is 2.76. The zero-order valence-electron chi connectivity index (χ0n) is 18.1. The molecule has 0 atom stereocenters. The van der Waals surface area contributed by atoms with Crippen LogP contribution in [0, 0.1) is 0 Å². The maximum Gasteiger partial charge on any atom is 0.438 e. The van der Waals surface area contributed by atoms with Crippen LogP contribution in [0.5, 0.6) is 0 Å². The molecule has 0 aromatic carbocycles. The van der Waals surface area contributed by atoms with E-state index in [1.54, 1.807) is 6.08 Å². The number of halogens is 22. The summed E-state index contributed by atoms with van der Waals surface area (Å²) in [5, 5.41) is -8.10. The van der Waals surface area contributed by atoms with E-state index < -0.39 is 75.1 Å². The van der Waals surface area contributed by atoms with Crippen molar-refractivity contribution in [3.63, 3.8) is 0 Å². The number of rotatable bonds is 12. The van der Waals surface area contributed by atoms with Gasteiger partial charge >= 0.3 is 75.1 Å². The molecule has 0 aliphatic carbocycles. The summed E-state index contributed by atoms with van der Waals surface area (Å²) in [7, 11) is -8.13. The van der Waals surface area contributed by atoms with Gasteiger partial charge in [0, 0.05) is 6.54 Å². The molecule has 4 nitrogen and oxygen atoms in total. The van der Waals surface area contributed by atoms with Crippen LogP contribution in [0.3, 0.4) is 0 Å². The van der Waals surface area contributed by atoms with Crippen LogP contribution >= 0.6 is 0 Å². The highest BCUT2D eigenvalue weighted by Crippen LogP contribution is 2.66. The first-order valence-electron chi connectivity index (χ1n) is 8.70. The molecule has 3 N–H and O–H groups in total. The Morgan fingerprint density at radius 2 is 0.756 bits per heavy atom. The van der Waals surface area contributed by atoms with Crippen molar-refractivity contribution in [2.24, 2.45) is 5.73 Å². The van der Waals surface area contributed by atoms with Crippen LogP contribution in [-0.2, 0) is 10.1 Å². The Hall–Kier alpha value is -1.93. The maximum absolute atomic E-state index is 13.4. The SMILES string of the molecule is C=CCN.O=S(=O)(O)C(F)(F)C(F)(F)C(F)(F)C(F)(F)C(F)(F)C(F)(F)C(F)(F)C(F)(F)C(F)(F)C(F)(F)C(F)F. The van der Waals surface area contributed by atoms with Gasteiger partial charge < -0.3 is 5.73 Å². The van der Waals surface area contributed by atoms with E-state index in [4.69, 9.17) is 10.3 Å². The quantitative estimate of drug-likeness (QED) is 0.138. The van der Waals surface area contributed by atoms with Crippen LogP contribution < -0.4 is 5.73 Å². The molecule has 0 radical (unpaired) electrons. The summed E-state index contributed by atoms with van der Waals surface area (Å²) in [4.78, 5) is 0. The standard InChI is InChI=1S/C11H2F22O3S.C3H7N/c12-1(13)2(14,15)3(16,17)4(18,19)5(20,21)6(22,23)7(24,25)8(26,27)9(28,29)10(30,31)11(32,33)37(34,35)36;1-2-3-4/h1H,(H,34,35,36);2H,1,3-4H2. The minimum atomic E-state index is -9.45. The van der Waals surface area contributed by atoms with Gasteiger partial charge in [-0.25, -0.2) is 8.78 Å². The van der Waals surface area contributed by atoms with Gasteiger partial charge in [0.05, 0.1) is 0 Å². The Morgan fingerprint density at radius 1 is 0.561 bits per heavy atom. The van der Waals surface area contributed by atoms with E-state index in [0.29, 0.717) is 6.54 Å². The highest BCUT2D eigenvalue weighted by Gasteiger charge is 2.98. The summed E-state index contributed by atoms with van der Waals surface area (Å²) in [6, 6.07) is 0. The lowest BCUT2D eigenvalue weighted by atomic mass is 9.86. The summed E-state index contributed by atoms with van der Waals surface area (Å²) >= 11 is 0. The van der Waals surface area contributed by atoms with Gasteiger partial charge in [0.15, 0.2) is 0 Å². The first kappa shape index (κ1) is 41.2. The smallest absolute Gasteiger partial charge is 0.327 e. The molecule has 0 spiro atoms. The van der Waals surface area contributed by atoms with E-state index in [9.17, 15) is 105 Å². The van der Waals surface area contributed by atoms with Crippen molar-refractivity contribution in [2.75, 3.05) is 6.54 Å². The molecule has 0 aliphatic rings. The molecule has 0 aliphatic heterocycles. The monoisotopic (exact) mass is 689 g/mol. The van der Waals surface area contributed by atoms with Crippen molar-refractivity contribution in [3.8, 4) is 0 Å². The fourth-order valence-corrected chi connectivity index (χ4v) is 2.33. The Kier molecular flexibility index (Phi) is 11.0. The van der Waals surface area contributed by atoms with Gasteiger partial charge in [-0.2, -0.15) is 96.2 Å². The average molecular weight is 689 g/mol. The molecule has 0 fully saturated rings. The van der Waals surface area contributed by atoms with E-state index in [2.05, 4.69) is 6.58 Å². The zero-order chi connectivity index (χ0) is 34.5. The van der Waals surface area contributed by atoms with Crippen molar-refractivity contribution in [2.45, 2.75) is 65.0 Å².